The van der Waals surface area contributed by atoms with Gasteiger partial charge in [-0.2, -0.15) is 5.10 Å². The van der Waals surface area contributed by atoms with Gasteiger partial charge in [0.05, 0.1) is 11.8 Å². The van der Waals surface area contributed by atoms with Gasteiger partial charge in [0.2, 0.25) is 0 Å². The summed E-state index contributed by atoms with van der Waals surface area (Å²) in [6.07, 6.45) is 0.651. The van der Waals surface area contributed by atoms with Crippen LogP contribution in [-0.4, -0.2) is 20.9 Å². The van der Waals surface area contributed by atoms with Crippen LogP contribution in [0.15, 0.2) is 53.6 Å². The highest BCUT2D eigenvalue weighted by Crippen LogP contribution is 2.34. The monoisotopic (exact) mass is 311 g/mol. The summed E-state index contributed by atoms with van der Waals surface area (Å²) in [5, 5.41) is 16.4. The van der Waals surface area contributed by atoms with Gasteiger partial charge in [0, 0.05) is 12.0 Å². The first-order valence-corrected chi connectivity index (χ1v) is 7.48. The van der Waals surface area contributed by atoms with Crippen molar-refractivity contribution in [3.05, 3.63) is 65.2 Å². The molecule has 1 aliphatic rings. The van der Waals surface area contributed by atoms with E-state index >= 15 is 0 Å². The van der Waals surface area contributed by atoms with Crippen LogP contribution in [0.25, 0.3) is 0 Å². The zero-order valence-corrected chi connectivity index (χ0v) is 13.0. The van der Waals surface area contributed by atoms with Gasteiger partial charge < -0.3 is 10.8 Å². The van der Waals surface area contributed by atoms with Crippen LogP contribution >= 0.6 is 12.2 Å². The molecule has 5 heteroatoms. The number of nitrogens with zero attached hydrogens (tertiary/aromatic N) is 2. The molecule has 1 atom stereocenters. The molecule has 0 fully saturated rings. The van der Waals surface area contributed by atoms with E-state index < -0.39 is 0 Å². The molecule has 0 bridgehead atoms. The number of hydrogen-bond acceptors (Lipinski definition) is 3. The Kier molecular flexibility index (Phi) is 3.81. The van der Waals surface area contributed by atoms with E-state index in [0.717, 1.165) is 16.8 Å². The predicted octanol–water partition coefficient (Wildman–Crippen LogP) is 3.10. The molecule has 1 heterocycles. The van der Waals surface area contributed by atoms with Gasteiger partial charge in [0.1, 0.15) is 5.75 Å². The summed E-state index contributed by atoms with van der Waals surface area (Å²) >= 11 is 5.13. The number of rotatable bonds is 2. The van der Waals surface area contributed by atoms with Crippen molar-refractivity contribution in [3.63, 3.8) is 0 Å². The number of para-hydroxylation sites is 1. The topological polar surface area (TPSA) is 61.9 Å². The molecule has 3 N–H and O–H groups in total. The standard InChI is InChI=1S/C17H17N3OS/c1-11-6-8-12(9-7-11)15-10-14(19-20(15)17(18)22)13-4-2-3-5-16(13)21/h2-9,15,21H,10H2,1H3,(H2,18,22). The molecule has 0 aliphatic carbocycles. The lowest BCUT2D eigenvalue weighted by molar-refractivity contribution is 0.372. The third-order valence-corrected chi connectivity index (χ3v) is 4.00. The van der Waals surface area contributed by atoms with Gasteiger partial charge in [0.15, 0.2) is 5.11 Å². The van der Waals surface area contributed by atoms with Gasteiger partial charge in [-0.25, -0.2) is 5.01 Å². The molecule has 0 saturated heterocycles. The van der Waals surface area contributed by atoms with Gasteiger partial charge >= 0.3 is 0 Å². The maximum atomic E-state index is 10.0. The van der Waals surface area contributed by atoms with Crippen molar-refractivity contribution in [2.75, 3.05) is 0 Å². The summed E-state index contributed by atoms with van der Waals surface area (Å²) < 4.78 is 0. The van der Waals surface area contributed by atoms with Crippen LogP contribution in [0.1, 0.15) is 29.2 Å². The van der Waals surface area contributed by atoms with Gasteiger partial charge in [-0.05, 0) is 36.8 Å². The molecular weight excluding hydrogens is 294 g/mol. The highest BCUT2D eigenvalue weighted by Gasteiger charge is 2.31. The lowest BCUT2D eigenvalue weighted by Gasteiger charge is -2.22. The van der Waals surface area contributed by atoms with Crippen molar-refractivity contribution in [1.82, 2.24) is 5.01 Å². The molecule has 0 saturated carbocycles. The van der Waals surface area contributed by atoms with Crippen LogP contribution in [0.2, 0.25) is 0 Å². The van der Waals surface area contributed by atoms with E-state index in [-0.39, 0.29) is 16.9 Å². The number of benzene rings is 2. The Bertz CT molecular complexity index is 740. The average molecular weight is 311 g/mol. The summed E-state index contributed by atoms with van der Waals surface area (Å²) in [5.41, 5.74) is 9.63. The zero-order chi connectivity index (χ0) is 15.7. The normalized spacial score (nSPS) is 17.4. The van der Waals surface area contributed by atoms with E-state index in [4.69, 9.17) is 18.0 Å². The second kappa shape index (κ2) is 5.77. The Labute approximate surface area is 134 Å². The minimum absolute atomic E-state index is 0.0345. The summed E-state index contributed by atoms with van der Waals surface area (Å²) in [5.74, 6) is 0.216. The minimum atomic E-state index is -0.0345. The molecule has 1 aliphatic heterocycles. The quantitative estimate of drug-likeness (QED) is 0.837. The van der Waals surface area contributed by atoms with Gasteiger partial charge in [-0.15, -0.1) is 0 Å². The SMILES string of the molecule is Cc1ccc(C2CC(c3ccccc3O)=NN2C(N)=S)cc1. The molecule has 0 amide bonds. The Hall–Kier alpha value is -2.40. The van der Waals surface area contributed by atoms with Gasteiger partial charge in [-0.1, -0.05) is 42.0 Å². The maximum Gasteiger partial charge on any atom is 0.187 e. The fourth-order valence-corrected chi connectivity index (χ4v) is 2.81. The number of hydrazone groups is 1. The number of thiocarbonyl (C=S) groups is 1. The molecule has 3 rings (SSSR count). The molecule has 1 unspecified atom stereocenters. The van der Waals surface area contributed by atoms with Crippen molar-refractivity contribution in [2.45, 2.75) is 19.4 Å². The summed E-state index contributed by atoms with van der Waals surface area (Å²) in [4.78, 5) is 0. The molecule has 22 heavy (non-hydrogen) atoms. The summed E-state index contributed by atoms with van der Waals surface area (Å²) in [6, 6.07) is 15.4. The van der Waals surface area contributed by atoms with Crippen molar-refractivity contribution in [1.29, 1.82) is 0 Å². The summed E-state index contributed by atoms with van der Waals surface area (Å²) in [6.45, 7) is 2.05. The molecule has 0 aromatic heterocycles. The van der Waals surface area contributed by atoms with Crippen LogP contribution in [0.4, 0.5) is 0 Å². The molecule has 112 valence electrons. The molecule has 0 spiro atoms. The van der Waals surface area contributed by atoms with Gasteiger partial charge in [-0.3, -0.25) is 0 Å². The number of aryl methyl sites for hydroxylation is 1. The van der Waals surface area contributed by atoms with Crippen LogP contribution in [0.3, 0.4) is 0 Å². The van der Waals surface area contributed by atoms with Crippen LogP contribution in [0, 0.1) is 6.92 Å². The Morgan fingerprint density at radius 2 is 1.91 bits per heavy atom. The van der Waals surface area contributed by atoms with E-state index in [9.17, 15) is 5.11 Å². The Balaban J connectivity index is 1.96. The number of phenolic OH excluding ortho intramolecular Hbond substituents is 1. The minimum Gasteiger partial charge on any atom is -0.507 e. The Morgan fingerprint density at radius 1 is 1.23 bits per heavy atom. The van der Waals surface area contributed by atoms with E-state index in [2.05, 4.69) is 29.4 Å². The number of aromatic hydroxyl groups is 1. The first-order valence-electron chi connectivity index (χ1n) is 7.07. The largest absolute Gasteiger partial charge is 0.507 e. The molecule has 0 radical (unpaired) electrons. The van der Waals surface area contributed by atoms with Crippen LogP contribution < -0.4 is 5.73 Å². The van der Waals surface area contributed by atoms with E-state index in [1.54, 1.807) is 17.1 Å². The van der Waals surface area contributed by atoms with Crippen molar-refractivity contribution >= 4 is 23.0 Å². The zero-order valence-electron chi connectivity index (χ0n) is 12.2. The average Bonchev–Trinajstić information content (AvgIpc) is 2.93. The first-order chi connectivity index (χ1) is 10.6. The second-order valence-electron chi connectivity index (χ2n) is 5.38. The van der Waals surface area contributed by atoms with Crippen molar-refractivity contribution < 1.29 is 5.11 Å². The maximum absolute atomic E-state index is 10.0. The fourth-order valence-electron chi connectivity index (χ4n) is 2.64. The second-order valence-corrected chi connectivity index (χ2v) is 5.80. The van der Waals surface area contributed by atoms with Crippen LogP contribution in [0.5, 0.6) is 5.75 Å². The molecule has 2 aromatic carbocycles. The Morgan fingerprint density at radius 3 is 2.55 bits per heavy atom. The lowest BCUT2D eigenvalue weighted by atomic mass is 9.97. The van der Waals surface area contributed by atoms with Crippen molar-refractivity contribution in [2.24, 2.45) is 10.8 Å². The predicted molar refractivity (Wildman–Crippen MR) is 91.8 cm³/mol. The van der Waals surface area contributed by atoms with E-state index in [1.807, 2.05) is 19.1 Å². The molecule has 4 nitrogen and oxygen atoms in total. The third kappa shape index (κ3) is 2.67. The third-order valence-electron chi connectivity index (χ3n) is 3.81. The fraction of sp³-hybridized carbons (Fsp3) is 0.176. The highest BCUT2D eigenvalue weighted by molar-refractivity contribution is 7.80. The number of hydrogen-bond donors (Lipinski definition) is 2. The highest BCUT2D eigenvalue weighted by atomic mass is 32.1. The smallest absolute Gasteiger partial charge is 0.187 e. The van der Waals surface area contributed by atoms with Gasteiger partial charge in [0.25, 0.3) is 0 Å². The van der Waals surface area contributed by atoms with E-state index in [1.165, 1.54) is 5.56 Å². The number of phenols is 1. The number of nitrogens with two attached hydrogens (primary N) is 1. The molecule has 2 aromatic rings. The first kappa shape index (κ1) is 14.5. The van der Waals surface area contributed by atoms with E-state index in [0.29, 0.717) is 6.42 Å². The molecular formula is C17H17N3OS. The lowest BCUT2D eigenvalue weighted by Crippen LogP contribution is -2.31. The van der Waals surface area contributed by atoms with Crippen molar-refractivity contribution in [3.8, 4) is 5.75 Å². The summed E-state index contributed by atoms with van der Waals surface area (Å²) in [7, 11) is 0. The van der Waals surface area contributed by atoms with Crippen LogP contribution in [-0.2, 0) is 0 Å².